The van der Waals surface area contributed by atoms with Gasteiger partial charge in [-0.25, -0.2) is 5.10 Å². The fraction of sp³-hybridized carbons (Fsp3) is 0.217. The van der Waals surface area contributed by atoms with E-state index in [0.29, 0.717) is 35.9 Å². The zero-order valence-electron chi connectivity index (χ0n) is 17.1. The van der Waals surface area contributed by atoms with Crippen molar-refractivity contribution in [3.63, 3.8) is 0 Å². The minimum absolute atomic E-state index is 0.179. The average Bonchev–Trinajstić information content (AvgIpc) is 3.22. The van der Waals surface area contributed by atoms with E-state index in [1.54, 1.807) is 24.3 Å². The van der Waals surface area contributed by atoms with E-state index in [1.807, 2.05) is 18.2 Å². The van der Waals surface area contributed by atoms with Gasteiger partial charge in [-0.05, 0) is 42.8 Å². The number of pyridine rings is 1. The SMILES string of the molecule is CCc1cc(COc2ccc(C(=O)NCCc3n[nH]c(=O)s3)cc2)c2ccccc2n1. The maximum atomic E-state index is 12.3. The van der Waals surface area contributed by atoms with Crippen LogP contribution < -0.4 is 14.9 Å². The molecule has 0 spiro atoms. The van der Waals surface area contributed by atoms with Crippen molar-refractivity contribution in [3.05, 3.63) is 86.1 Å². The molecule has 31 heavy (non-hydrogen) atoms. The molecular formula is C23H22N4O3S. The number of carbonyl (C=O) groups excluding carboxylic acids is 1. The molecule has 0 saturated carbocycles. The third kappa shape index (κ3) is 5.16. The number of carbonyl (C=O) groups is 1. The number of nitrogens with one attached hydrogen (secondary N) is 2. The molecule has 0 fully saturated rings. The van der Waals surface area contributed by atoms with Gasteiger partial charge in [0.15, 0.2) is 0 Å². The van der Waals surface area contributed by atoms with E-state index in [1.165, 1.54) is 0 Å². The first-order chi connectivity index (χ1) is 15.1. The molecule has 0 aliphatic rings. The summed E-state index contributed by atoms with van der Waals surface area (Å²) in [4.78, 5) is 27.9. The van der Waals surface area contributed by atoms with Gasteiger partial charge >= 0.3 is 4.87 Å². The number of H-pyrrole nitrogens is 1. The van der Waals surface area contributed by atoms with E-state index < -0.39 is 0 Å². The molecular weight excluding hydrogens is 412 g/mol. The number of para-hydroxylation sites is 1. The summed E-state index contributed by atoms with van der Waals surface area (Å²) in [6.07, 6.45) is 1.37. The van der Waals surface area contributed by atoms with Gasteiger partial charge in [0, 0.05) is 35.2 Å². The van der Waals surface area contributed by atoms with Gasteiger partial charge in [0.05, 0.1) is 5.52 Å². The third-order valence-corrected chi connectivity index (χ3v) is 5.64. The van der Waals surface area contributed by atoms with Crippen LogP contribution in [0.2, 0.25) is 0 Å². The van der Waals surface area contributed by atoms with E-state index in [0.717, 1.165) is 39.9 Å². The zero-order chi connectivity index (χ0) is 21.6. The van der Waals surface area contributed by atoms with Crippen LogP contribution in [0.5, 0.6) is 5.75 Å². The Kier molecular flexibility index (Phi) is 6.37. The van der Waals surface area contributed by atoms with Crippen LogP contribution in [-0.2, 0) is 19.4 Å². The molecule has 0 aliphatic heterocycles. The Balaban J connectivity index is 1.36. The quantitative estimate of drug-likeness (QED) is 0.442. The molecule has 4 aromatic rings. The highest BCUT2D eigenvalue weighted by molar-refractivity contribution is 7.08. The van der Waals surface area contributed by atoms with E-state index in [-0.39, 0.29) is 10.8 Å². The van der Waals surface area contributed by atoms with Crippen LogP contribution in [-0.4, -0.2) is 27.6 Å². The first-order valence-corrected chi connectivity index (χ1v) is 10.9. The maximum Gasteiger partial charge on any atom is 0.322 e. The summed E-state index contributed by atoms with van der Waals surface area (Å²) in [6, 6.07) is 17.2. The van der Waals surface area contributed by atoms with Crippen molar-refractivity contribution in [3.8, 4) is 5.75 Å². The lowest BCUT2D eigenvalue weighted by Gasteiger charge is -2.11. The van der Waals surface area contributed by atoms with Gasteiger partial charge in [-0.1, -0.05) is 36.5 Å². The first kappa shape index (κ1) is 20.7. The Bertz CT molecular complexity index is 1250. The number of fused-ring (bicyclic) bond motifs is 1. The van der Waals surface area contributed by atoms with Crippen LogP contribution in [0, 0.1) is 0 Å². The summed E-state index contributed by atoms with van der Waals surface area (Å²) in [5.74, 6) is 0.513. The molecule has 2 heterocycles. The normalized spacial score (nSPS) is 10.9. The predicted octanol–water partition coefficient (Wildman–Crippen LogP) is 3.49. The molecule has 7 nitrogen and oxygen atoms in total. The summed E-state index contributed by atoms with van der Waals surface area (Å²) >= 11 is 1.05. The number of benzene rings is 2. The van der Waals surface area contributed by atoms with Crippen molar-refractivity contribution in [2.45, 2.75) is 26.4 Å². The van der Waals surface area contributed by atoms with Gasteiger partial charge in [-0.3, -0.25) is 14.6 Å². The van der Waals surface area contributed by atoms with Crippen LogP contribution in [0.25, 0.3) is 10.9 Å². The van der Waals surface area contributed by atoms with Crippen LogP contribution in [0.3, 0.4) is 0 Å². The molecule has 0 radical (unpaired) electrons. The summed E-state index contributed by atoms with van der Waals surface area (Å²) in [5, 5.41) is 10.8. The van der Waals surface area contributed by atoms with Crippen LogP contribution in [0.4, 0.5) is 0 Å². The van der Waals surface area contributed by atoms with Gasteiger partial charge in [0.2, 0.25) is 0 Å². The summed E-state index contributed by atoms with van der Waals surface area (Å²) in [5.41, 5.74) is 3.64. The predicted molar refractivity (Wildman–Crippen MR) is 121 cm³/mol. The molecule has 0 atom stereocenters. The lowest BCUT2D eigenvalue weighted by molar-refractivity contribution is 0.0954. The second kappa shape index (κ2) is 9.53. The number of hydrogen-bond acceptors (Lipinski definition) is 6. The maximum absolute atomic E-state index is 12.3. The molecule has 2 aromatic carbocycles. The highest BCUT2D eigenvalue weighted by atomic mass is 32.1. The second-order valence-electron chi connectivity index (χ2n) is 6.97. The van der Waals surface area contributed by atoms with Gasteiger partial charge < -0.3 is 10.1 Å². The number of hydrogen-bond donors (Lipinski definition) is 2. The van der Waals surface area contributed by atoms with Gasteiger partial charge in [0.25, 0.3) is 5.91 Å². The third-order valence-electron chi connectivity index (χ3n) is 4.83. The highest BCUT2D eigenvalue weighted by Gasteiger charge is 2.08. The molecule has 2 aromatic heterocycles. The van der Waals surface area contributed by atoms with E-state index >= 15 is 0 Å². The Morgan fingerprint density at radius 2 is 1.97 bits per heavy atom. The van der Waals surface area contributed by atoms with Crippen LogP contribution in [0.15, 0.2) is 59.4 Å². The van der Waals surface area contributed by atoms with Crippen molar-refractivity contribution in [1.29, 1.82) is 0 Å². The second-order valence-corrected chi connectivity index (χ2v) is 8.02. The zero-order valence-corrected chi connectivity index (χ0v) is 17.9. The molecule has 0 bridgehead atoms. The van der Waals surface area contributed by atoms with Crippen molar-refractivity contribution >= 4 is 28.1 Å². The standard InChI is InChI=1S/C23H22N4O3S/c1-2-17-13-16(19-5-3-4-6-20(19)25-17)14-30-18-9-7-15(8-10-18)22(28)24-12-11-21-26-27-23(29)31-21/h3-10,13H,2,11-12,14H2,1H3,(H,24,28)(H,27,29). The Labute approximate surface area is 183 Å². The number of aromatic amines is 1. The molecule has 0 aliphatic carbocycles. The van der Waals surface area contributed by atoms with Gasteiger partial charge in [-0.15, -0.1) is 0 Å². The highest BCUT2D eigenvalue weighted by Crippen LogP contribution is 2.21. The van der Waals surface area contributed by atoms with Crippen molar-refractivity contribution in [1.82, 2.24) is 20.5 Å². The molecule has 1 amide bonds. The molecule has 8 heteroatoms. The van der Waals surface area contributed by atoms with E-state index in [9.17, 15) is 9.59 Å². The number of aromatic nitrogens is 3. The molecule has 0 unspecified atom stereocenters. The van der Waals surface area contributed by atoms with Crippen molar-refractivity contribution in [2.24, 2.45) is 0 Å². The fourth-order valence-corrected chi connectivity index (χ4v) is 3.83. The minimum atomic E-state index is -0.192. The Morgan fingerprint density at radius 3 is 2.71 bits per heavy atom. The summed E-state index contributed by atoms with van der Waals surface area (Å²) in [6.45, 7) is 2.92. The lowest BCUT2D eigenvalue weighted by Crippen LogP contribution is -2.25. The first-order valence-electron chi connectivity index (χ1n) is 10.1. The number of ether oxygens (including phenoxy) is 1. The van der Waals surface area contributed by atoms with Crippen molar-refractivity contribution < 1.29 is 9.53 Å². The fourth-order valence-electron chi connectivity index (χ4n) is 3.23. The number of rotatable bonds is 8. The average molecular weight is 435 g/mol. The van der Waals surface area contributed by atoms with Crippen LogP contribution in [0.1, 0.15) is 33.5 Å². The van der Waals surface area contributed by atoms with Crippen LogP contribution >= 0.6 is 11.3 Å². The van der Waals surface area contributed by atoms with Gasteiger partial charge in [0.1, 0.15) is 17.4 Å². The van der Waals surface area contributed by atoms with E-state index in [2.05, 4.69) is 39.6 Å². The topological polar surface area (TPSA) is 97.0 Å². The Morgan fingerprint density at radius 1 is 1.16 bits per heavy atom. The summed E-state index contributed by atoms with van der Waals surface area (Å²) < 4.78 is 5.98. The molecule has 2 N–H and O–H groups in total. The number of nitrogens with zero attached hydrogens (tertiary/aromatic N) is 2. The summed E-state index contributed by atoms with van der Waals surface area (Å²) in [7, 11) is 0. The number of amides is 1. The largest absolute Gasteiger partial charge is 0.489 e. The van der Waals surface area contributed by atoms with Crippen molar-refractivity contribution in [2.75, 3.05) is 6.54 Å². The number of aryl methyl sites for hydroxylation is 1. The lowest BCUT2D eigenvalue weighted by atomic mass is 10.1. The monoisotopic (exact) mass is 434 g/mol. The molecule has 158 valence electrons. The van der Waals surface area contributed by atoms with E-state index in [4.69, 9.17) is 4.74 Å². The van der Waals surface area contributed by atoms with Gasteiger partial charge in [-0.2, -0.15) is 5.10 Å². The Hall–Kier alpha value is -3.52. The molecule has 0 saturated heterocycles. The smallest absolute Gasteiger partial charge is 0.322 e. The molecule has 4 rings (SSSR count). The minimum Gasteiger partial charge on any atom is -0.489 e.